The van der Waals surface area contributed by atoms with Gasteiger partial charge in [0.25, 0.3) is 0 Å². The van der Waals surface area contributed by atoms with Gasteiger partial charge in [-0.15, -0.1) is 0 Å². The van der Waals surface area contributed by atoms with E-state index in [1.165, 1.54) is 0 Å². The molecule has 0 bridgehead atoms. The summed E-state index contributed by atoms with van der Waals surface area (Å²) in [7, 11) is 0. The van der Waals surface area contributed by atoms with Crippen molar-refractivity contribution in [2.45, 2.75) is 31.7 Å². The van der Waals surface area contributed by atoms with Crippen LogP contribution in [-0.4, -0.2) is 35.2 Å². The molecule has 1 amide bonds. The second-order valence-corrected chi connectivity index (χ2v) is 4.51. The summed E-state index contributed by atoms with van der Waals surface area (Å²) in [5, 5.41) is 11.5. The number of nitrogens with one attached hydrogen (secondary N) is 1. The Labute approximate surface area is 83.3 Å². The summed E-state index contributed by atoms with van der Waals surface area (Å²) < 4.78 is 0. The number of aliphatic hydroxyl groups excluding tert-OH is 1. The van der Waals surface area contributed by atoms with Gasteiger partial charge in [-0.3, -0.25) is 4.79 Å². The van der Waals surface area contributed by atoms with Gasteiger partial charge < -0.3 is 10.4 Å². The number of carbonyl (C=O) groups excluding carboxylic acids is 1. The van der Waals surface area contributed by atoms with Crippen molar-refractivity contribution < 1.29 is 9.90 Å². The fourth-order valence-corrected chi connectivity index (χ4v) is 2.49. The molecule has 0 aliphatic carbocycles. The van der Waals surface area contributed by atoms with Gasteiger partial charge in [0.05, 0.1) is 0 Å². The minimum absolute atomic E-state index is 0.0888. The van der Waals surface area contributed by atoms with E-state index in [2.05, 4.69) is 5.32 Å². The molecule has 1 rings (SSSR count). The molecule has 2 N–H and O–H groups in total. The maximum atomic E-state index is 11.2. The first-order chi connectivity index (χ1) is 6.33. The van der Waals surface area contributed by atoms with Crippen LogP contribution >= 0.6 is 11.8 Å². The highest BCUT2D eigenvalue weighted by atomic mass is 32.2. The Bertz CT molecular complexity index is 158. The third kappa shape index (κ3) is 4.52. The van der Waals surface area contributed by atoms with Gasteiger partial charge in [-0.1, -0.05) is 0 Å². The Morgan fingerprint density at radius 3 is 2.77 bits per heavy atom. The normalized spacial score (nSPS) is 18.5. The van der Waals surface area contributed by atoms with E-state index >= 15 is 0 Å². The Balaban J connectivity index is 2.11. The standard InChI is InChI=1S/C9H17NO2S/c11-5-1-2-9(12)10-8-3-6-13-7-4-8/h8,11H,1-7H2,(H,10,12). The number of thioether (sulfide) groups is 1. The van der Waals surface area contributed by atoms with Crippen LogP contribution in [0.3, 0.4) is 0 Å². The summed E-state index contributed by atoms with van der Waals surface area (Å²) >= 11 is 1.95. The Hall–Kier alpha value is -0.220. The lowest BCUT2D eigenvalue weighted by Gasteiger charge is -2.22. The molecule has 0 atom stereocenters. The van der Waals surface area contributed by atoms with E-state index in [1.54, 1.807) is 0 Å². The molecule has 0 radical (unpaired) electrons. The summed E-state index contributed by atoms with van der Waals surface area (Å²) in [5.41, 5.74) is 0. The Kier molecular flexibility index (Phi) is 5.23. The fourth-order valence-electron chi connectivity index (χ4n) is 1.38. The van der Waals surface area contributed by atoms with Crippen LogP contribution < -0.4 is 5.32 Å². The van der Waals surface area contributed by atoms with Gasteiger partial charge in [0.15, 0.2) is 0 Å². The first-order valence-electron chi connectivity index (χ1n) is 4.81. The number of rotatable bonds is 4. The second-order valence-electron chi connectivity index (χ2n) is 3.28. The summed E-state index contributed by atoms with van der Waals surface area (Å²) in [4.78, 5) is 11.2. The maximum Gasteiger partial charge on any atom is 0.220 e. The summed E-state index contributed by atoms with van der Waals surface area (Å²) in [6, 6.07) is 0.382. The zero-order valence-corrected chi connectivity index (χ0v) is 8.61. The Morgan fingerprint density at radius 1 is 1.46 bits per heavy atom. The van der Waals surface area contributed by atoms with Crippen LogP contribution in [0.1, 0.15) is 25.7 Å². The van der Waals surface area contributed by atoms with Crippen LogP contribution in [0.4, 0.5) is 0 Å². The van der Waals surface area contributed by atoms with Crippen LogP contribution in [0.15, 0.2) is 0 Å². The van der Waals surface area contributed by atoms with Gasteiger partial charge >= 0.3 is 0 Å². The molecule has 1 aliphatic rings. The summed E-state index contributed by atoms with van der Waals surface area (Å²) in [6.07, 6.45) is 3.22. The van der Waals surface area contributed by atoms with Crippen molar-refractivity contribution in [1.82, 2.24) is 5.32 Å². The van der Waals surface area contributed by atoms with Crippen molar-refractivity contribution in [2.24, 2.45) is 0 Å². The van der Waals surface area contributed by atoms with Gasteiger partial charge in [-0.05, 0) is 30.8 Å². The lowest BCUT2D eigenvalue weighted by atomic mass is 10.1. The van der Waals surface area contributed by atoms with Gasteiger partial charge in [0.2, 0.25) is 5.91 Å². The van der Waals surface area contributed by atoms with Crippen molar-refractivity contribution in [1.29, 1.82) is 0 Å². The number of aliphatic hydroxyl groups is 1. The molecule has 0 spiro atoms. The predicted octanol–water partition coefficient (Wildman–Crippen LogP) is 0.771. The van der Waals surface area contributed by atoms with E-state index in [-0.39, 0.29) is 12.5 Å². The first kappa shape index (κ1) is 10.9. The number of hydrogen-bond donors (Lipinski definition) is 2. The van der Waals surface area contributed by atoms with Crippen LogP contribution in [0.2, 0.25) is 0 Å². The summed E-state index contributed by atoms with van der Waals surface area (Å²) in [6.45, 7) is 0.105. The molecule has 0 aromatic heterocycles. The van der Waals surface area contributed by atoms with E-state index in [0.29, 0.717) is 18.9 Å². The topological polar surface area (TPSA) is 49.3 Å². The lowest BCUT2D eigenvalue weighted by Crippen LogP contribution is -2.37. The number of hydrogen-bond acceptors (Lipinski definition) is 3. The summed E-state index contributed by atoms with van der Waals surface area (Å²) in [5.74, 6) is 2.40. The van der Waals surface area contributed by atoms with E-state index in [9.17, 15) is 4.79 Å². The zero-order chi connectivity index (χ0) is 9.52. The fraction of sp³-hybridized carbons (Fsp3) is 0.889. The predicted molar refractivity (Wildman–Crippen MR) is 54.8 cm³/mol. The lowest BCUT2D eigenvalue weighted by molar-refractivity contribution is -0.122. The maximum absolute atomic E-state index is 11.2. The van der Waals surface area contributed by atoms with Crippen molar-refractivity contribution in [2.75, 3.05) is 18.1 Å². The second kappa shape index (κ2) is 6.27. The molecule has 3 nitrogen and oxygen atoms in total. The molecule has 4 heteroatoms. The highest BCUT2D eigenvalue weighted by Gasteiger charge is 2.15. The van der Waals surface area contributed by atoms with Crippen LogP contribution in [0.25, 0.3) is 0 Å². The third-order valence-electron chi connectivity index (χ3n) is 2.15. The monoisotopic (exact) mass is 203 g/mol. The molecule has 0 aromatic carbocycles. The SMILES string of the molecule is O=C(CCCO)NC1CCSCC1. The molecule has 0 saturated carbocycles. The average molecular weight is 203 g/mol. The van der Waals surface area contributed by atoms with Crippen molar-refractivity contribution in [3.05, 3.63) is 0 Å². The molecule has 13 heavy (non-hydrogen) atoms. The van der Waals surface area contributed by atoms with Crippen molar-refractivity contribution >= 4 is 17.7 Å². The van der Waals surface area contributed by atoms with Gasteiger partial charge in [-0.25, -0.2) is 0 Å². The van der Waals surface area contributed by atoms with Crippen LogP contribution in [0, 0.1) is 0 Å². The molecule has 76 valence electrons. The number of carbonyl (C=O) groups is 1. The molecule has 1 aliphatic heterocycles. The average Bonchev–Trinajstić information content (AvgIpc) is 2.16. The minimum atomic E-state index is 0.0888. The highest BCUT2D eigenvalue weighted by Crippen LogP contribution is 2.16. The smallest absolute Gasteiger partial charge is 0.220 e. The first-order valence-corrected chi connectivity index (χ1v) is 5.96. The highest BCUT2D eigenvalue weighted by molar-refractivity contribution is 7.99. The zero-order valence-electron chi connectivity index (χ0n) is 7.79. The van der Waals surface area contributed by atoms with Crippen LogP contribution in [0.5, 0.6) is 0 Å². The van der Waals surface area contributed by atoms with E-state index in [0.717, 1.165) is 24.3 Å². The van der Waals surface area contributed by atoms with E-state index < -0.39 is 0 Å². The third-order valence-corrected chi connectivity index (χ3v) is 3.20. The molecular weight excluding hydrogens is 186 g/mol. The van der Waals surface area contributed by atoms with Crippen molar-refractivity contribution in [3.8, 4) is 0 Å². The molecule has 0 aromatic rings. The van der Waals surface area contributed by atoms with Gasteiger partial charge in [-0.2, -0.15) is 11.8 Å². The minimum Gasteiger partial charge on any atom is -0.396 e. The molecule has 0 unspecified atom stereocenters. The number of amides is 1. The van der Waals surface area contributed by atoms with Crippen molar-refractivity contribution in [3.63, 3.8) is 0 Å². The van der Waals surface area contributed by atoms with E-state index in [4.69, 9.17) is 5.11 Å². The quantitative estimate of drug-likeness (QED) is 0.709. The van der Waals surface area contributed by atoms with E-state index in [1.807, 2.05) is 11.8 Å². The molecular formula is C9H17NO2S. The molecule has 1 saturated heterocycles. The largest absolute Gasteiger partial charge is 0.396 e. The van der Waals surface area contributed by atoms with Gasteiger partial charge in [0, 0.05) is 19.1 Å². The molecule has 1 fully saturated rings. The molecule has 1 heterocycles. The Morgan fingerprint density at radius 2 is 2.15 bits per heavy atom. The van der Waals surface area contributed by atoms with Crippen LogP contribution in [-0.2, 0) is 4.79 Å². The van der Waals surface area contributed by atoms with Gasteiger partial charge in [0.1, 0.15) is 0 Å².